The molecule has 278 valence electrons. The molecule has 19 heteroatoms. The van der Waals surface area contributed by atoms with E-state index in [2.05, 4.69) is 0 Å². The minimum absolute atomic E-state index is 0.158. The van der Waals surface area contributed by atoms with Crippen molar-refractivity contribution in [2.24, 2.45) is 0 Å². The van der Waals surface area contributed by atoms with E-state index in [-0.39, 0.29) is 20.7 Å². The number of nitrogens with zero attached hydrogens (tertiary/aromatic N) is 4. The highest BCUT2D eigenvalue weighted by molar-refractivity contribution is 8.27. The van der Waals surface area contributed by atoms with Gasteiger partial charge in [0.1, 0.15) is 26.1 Å². The molecule has 0 aromatic heterocycles. The van der Waals surface area contributed by atoms with Crippen molar-refractivity contribution in [3.8, 4) is 0 Å². The number of hydrogen-bond donors (Lipinski definition) is 2. The third-order valence-corrected chi connectivity index (χ3v) is 11.9. The van der Waals surface area contributed by atoms with E-state index in [4.69, 9.17) is 56.5 Å². The normalized spacial score (nSPS) is 17.7. The number of aliphatic carboxylic acids is 2. The minimum atomic E-state index is -1.16. The zero-order valence-corrected chi connectivity index (χ0v) is 33.0. The number of benzene rings is 3. The van der Waals surface area contributed by atoms with Crippen molar-refractivity contribution in [2.45, 2.75) is 0 Å². The van der Waals surface area contributed by atoms with E-state index in [0.29, 0.717) is 30.2 Å². The van der Waals surface area contributed by atoms with Gasteiger partial charge in [-0.25, -0.2) is 0 Å². The summed E-state index contributed by atoms with van der Waals surface area (Å²) >= 11 is 19.0. The van der Waals surface area contributed by atoms with Crippen molar-refractivity contribution in [1.82, 2.24) is 14.7 Å². The van der Waals surface area contributed by atoms with Crippen molar-refractivity contribution in [3.05, 3.63) is 104 Å². The number of carbonyl (C=O) groups excluding carboxylic acids is 5. The molecule has 0 atom stereocenters. The summed E-state index contributed by atoms with van der Waals surface area (Å²) in [6, 6.07) is 22.5. The highest BCUT2D eigenvalue weighted by Crippen LogP contribution is 2.38. The summed E-state index contributed by atoms with van der Waals surface area (Å²) in [7, 11) is 1.64. The fraction of sp³-hybridized carbons (Fsp3) is 0.0833. The Labute approximate surface area is 341 Å². The first-order valence-electron chi connectivity index (χ1n) is 15.5. The topological polar surface area (TPSA) is 173 Å². The summed E-state index contributed by atoms with van der Waals surface area (Å²) in [6.45, 7) is -1.01. The van der Waals surface area contributed by atoms with Crippen molar-refractivity contribution in [2.75, 3.05) is 25.0 Å². The quantitative estimate of drug-likeness (QED) is 0.180. The molecule has 0 spiro atoms. The van der Waals surface area contributed by atoms with E-state index < -0.39 is 36.8 Å². The van der Waals surface area contributed by atoms with Crippen LogP contribution in [-0.4, -0.2) is 93.8 Å². The molecular formula is C36H24N4O9S6. The number of rotatable bonds is 10. The SMILES string of the molecule is CN1C(=O)C(=Cc2ccc(N(c3ccc(/C=C4\SC(=S)N(CC(=O)O)C4=O)cc3)c3ccc(/C=C4/SC(=S)N(CC(=O)O)C4=O)cc3)cc2)SC1=S.O=C=O. The molecule has 55 heavy (non-hydrogen) atoms. The van der Waals surface area contributed by atoms with E-state index in [0.717, 1.165) is 55.9 Å². The van der Waals surface area contributed by atoms with E-state index in [1.165, 1.54) is 16.7 Å². The van der Waals surface area contributed by atoms with Crippen LogP contribution in [-0.2, 0) is 33.6 Å². The van der Waals surface area contributed by atoms with Gasteiger partial charge in [0, 0.05) is 24.1 Å². The second-order valence-electron chi connectivity index (χ2n) is 11.3. The smallest absolute Gasteiger partial charge is 0.373 e. The maximum absolute atomic E-state index is 12.8. The van der Waals surface area contributed by atoms with Crippen LogP contribution in [0.2, 0.25) is 0 Å². The molecule has 3 saturated heterocycles. The largest absolute Gasteiger partial charge is 0.480 e. The third-order valence-electron chi connectivity index (χ3n) is 7.67. The van der Waals surface area contributed by atoms with E-state index in [1.807, 2.05) is 77.7 Å². The fourth-order valence-corrected chi connectivity index (χ4v) is 8.84. The second-order valence-corrected chi connectivity index (χ2v) is 16.3. The predicted molar refractivity (Wildman–Crippen MR) is 222 cm³/mol. The molecule has 3 aliphatic heterocycles. The average molecular weight is 849 g/mol. The van der Waals surface area contributed by atoms with Crippen molar-refractivity contribution < 1.29 is 43.8 Å². The molecule has 3 aromatic rings. The standard InChI is InChI=1S/C35H24N4O7S6.CO2/c1-36-30(44)25(50-33(36)47)14-19-2-8-22(9-3-19)39(23-10-4-20(5-11-23)15-26-31(45)37(17-28(40)41)34(48)51-26)24-12-6-21(7-13-24)16-27-32(46)38(18-29(42)43)35(49)52-27;2-1-3/h2-16H,17-18H2,1H3,(H,40,41)(H,42,43);/b25-14?,26-15-,27-16+;. The van der Waals surface area contributed by atoms with Crippen LogP contribution in [0, 0.1) is 0 Å². The summed E-state index contributed by atoms with van der Waals surface area (Å²) in [6.07, 6.45) is 5.37. The fourth-order valence-electron chi connectivity index (χ4n) is 5.15. The molecule has 0 bridgehead atoms. The van der Waals surface area contributed by atoms with Crippen molar-refractivity contribution >= 4 is 156 Å². The van der Waals surface area contributed by atoms with Crippen LogP contribution >= 0.6 is 71.9 Å². The summed E-state index contributed by atoms with van der Waals surface area (Å²) in [5.41, 5.74) is 4.57. The summed E-state index contributed by atoms with van der Waals surface area (Å²) in [5, 5.41) is 18.3. The number of thioether (sulfide) groups is 3. The molecule has 0 aliphatic carbocycles. The lowest BCUT2D eigenvalue weighted by molar-refractivity contribution is -0.191. The third kappa shape index (κ3) is 9.70. The molecule has 3 aromatic carbocycles. The minimum Gasteiger partial charge on any atom is -0.480 e. The molecular weight excluding hydrogens is 825 g/mol. The van der Waals surface area contributed by atoms with Gasteiger partial charge in [-0.15, -0.1) is 0 Å². The highest BCUT2D eigenvalue weighted by Gasteiger charge is 2.34. The lowest BCUT2D eigenvalue weighted by atomic mass is 10.1. The first-order chi connectivity index (χ1) is 26.2. The second kappa shape index (κ2) is 17.9. The molecule has 3 heterocycles. The number of amides is 3. The van der Waals surface area contributed by atoms with E-state index in [9.17, 15) is 24.0 Å². The Morgan fingerprint density at radius 3 is 1.16 bits per heavy atom. The summed E-state index contributed by atoms with van der Waals surface area (Å²) in [5.74, 6) is -3.40. The Kier molecular flexibility index (Phi) is 13.3. The molecule has 0 unspecified atom stereocenters. The van der Waals surface area contributed by atoms with Crippen LogP contribution in [0.25, 0.3) is 18.2 Å². The van der Waals surface area contributed by atoms with Gasteiger partial charge >= 0.3 is 18.1 Å². The van der Waals surface area contributed by atoms with E-state index in [1.54, 1.807) is 25.3 Å². The van der Waals surface area contributed by atoms with Crippen LogP contribution < -0.4 is 4.90 Å². The van der Waals surface area contributed by atoms with Crippen molar-refractivity contribution in [3.63, 3.8) is 0 Å². The van der Waals surface area contributed by atoms with Gasteiger partial charge < -0.3 is 15.1 Å². The maximum atomic E-state index is 12.8. The van der Waals surface area contributed by atoms with Crippen molar-refractivity contribution in [1.29, 1.82) is 0 Å². The molecule has 13 nitrogen and oxygen atoms in total. The molecule has 3 aliphatic rings. The van der Waals surface area contributed by atoms with Gasteiger partial charge in [0.2, 0.25) is 0 Å². The Morgan fingerprint density at radius 1 is 0.600 bits per heavy atom. The molecule has 6 rings (SSSR count). The lowest BCUT2D eigenvalue weighted by Crippen LogP contribution is -2.33. The number of carboxylic acid groups (broad SMARTS) is 2. The van der Waals surface area contributed by atoms with Crippen LogP contribution in [0.4, 0.5) is 17.1 Å². The van der Waals surface area contributed by atoms with Crippen LogP contribution in [0.5, 0.6) is 0 Å². The van der Waals surface area contributed by atoms with Gasteiger partial charge in [0.25, 0.3) is 17.7 Å². The van der Waals surface area contributed by atoms with E-state index >= 15 is 0 Å². The summed E-state index contributed by atoms with van der Waals surface area (Å²) < 4.78 is 0.854. The number of thiocarbonyl (C=S) groups is 3. The molecule has 3 amide bonds. The monoisotopic (exact) mass is 848 g/mol. The van der Waals surface area contributed by atoms with Gasteiger partial charge in [0.15, 0.2) is 0 Å². The molecule has 3 fully saturated rings. The van der Waals surface area contributed by atoms with Gasteiger partial charge in [-0.2, -0.15) is 9.59 Å². The van der Waals surface area contributed by atoms with Gasteiger partial charge in [0.05, 0.1) is 14.7 Å². The molecule has 0 radical (unpaired) electrons. The zero-order chi connectivity index (χ0) is 40.0. The lowest BCUT2D eigenvalue weighted by Gasteiger charge is -2.26. The molecule has 2 N–H and O–H groups in total. The Balaban J connectivity index is 0.00000187. The van der Waals surface area contributed by atoms with Crippen LogP contribution in [0.15, 0.2) is 87.5 Å². The van der Waals surface area contributed by atoms with Crippen LogP contribution in [0.1, 0.15) is 16.7 Å². The number of carboxylic acids is 2. The van der Waals surface area contributed by atoms with Gasteiger partial charge in [-0.05, 0) is 71.3 Å². The first kappa shape index (κ1) is 40.9. The number of likely N-dealkylation sites (N-methyl/N-ethyl adjacent to an activating group) is 1. The highest BCUT2D eigenvalue weighted by atomic mass is 32.2. The van der Waals surface area contributed by atoms with Gasteiger partial charge in [-0.3, -0.25) is 38.7 Å². The Morgan fingerprint density at radius 2 is 0.891 bits per heavy atom. The first-order valence-corrected chi connectivity index (χ1v) is 19.1. The Hall–Kier alpha value is -5.27. The Bertz CT molecular complexity index is 2160. The predicted octanol–water partition coefficient (Wildman–Crippen LogP) is 5.98. The maximum Gasteiger partial charge on any atom is 0.373 e. The summed E-state index contributed by atoms with van der Waals surface area (Å²) in [4.78, 5) is 83.5. The van der Waals surface area contributed by atoms with Gasteiger partial charge in [-0.1, -0.05) is 108 Å². The zero-order valence-electron chi connectivity index (χ0n) is 28.1. The average Bonchev–Trinajstić information content (AvgIpc) is 3.66. The number of carbonyl (C=O) groups is 5. The molecule has 0 saturated carbocycles. The number of hydrogen-bond acceptors (Lipinski definition) is 14. The van der Waals surface area contributed by atoms with Crippen LogP contribution in [0.3, 0.4) is 0 Å². The number of anilines is 3.